The first-order valence-corrected chi connectivity index (χ1v) is 9.10. The highest BCUT2D eigenvalue weighted by Crippen LogP contribution is 2.38. The SMILES string of the molecule is CCOC(=O)C1=C(C)N(Cc2ccccc2F)C(=O)C[C@@H]1c1ccccc1F. The monoisotopic (exact) mass is 385 g/mol. The molecule has 1 heterocycles. The van der Waals surface area contributed by atoms with Gasteiger partial charge in [-0.05, 0) is 31.5 Å². The van der Waals surface area contributed by atoms with Crippen LogP contribution in [0.25, 0.3) is 0 Å². The number of allylic oxidation sites excluding steroid dienone is 1. The van der Waals surface area contributed by atoms with Crippen molar-refractivity contribution in [2.24, 2.45) is 0 Å². The van der Waals surface area contributed by atoms with E-state index in [1.807, 2.05) is 0 Å². The first-order valence-electron chi connectivity index (χ1n) is 9.10. The predicted molar refractivity (Wildman–Crippen MR) is 100 cm³/mol. The molecule has 0 radical (unpaired) electrons. The van der Waals surface area contributed by atoms with Crippen LogP contribution in [0, 0.1) is 11.6 Å². The normalized spacial score (nSPS) is 17.1. The molecule has 0 saturated heterocycles. The summed E-state index contributed by atoms with van der Waals surface area (Å²) in [5, 5.41) is 0. The number of hydrogen-bond donors (Lipinski definition) is 0. The minimum absolute atomic E-state index is 0.00969. The van der Waals surface area contributed by atoms with Gasteiger partial charge in [-0.1, -0.05) is 36.4 Å². The van der Waals surface area contributed by atoms with Crippen LogP contribution >= 0.6 is 0 Å². The van der Waals surface area contributed by atoms with Gasteiger partial charge in [0.05, 0.1) is 18.7 Å². The second-order valence-electron chi connectivity index (χ2n) is 6.57. The second-order valence-corrected chi connectivity index (χ2v) is 6.57. The lowest BCUT2D eigenvalue weighted by Gasteiger charge is -2.34. The molecule has 6 heteroatoms. The predicted octanol–water partition coefficient (Wildman–Crippen LogP) is 4.32. The summed E-state index contributed by atoms with van der Waals surface area (Å²) in [5.74, 6) is -2.57. The molecule has 1 amide bonds. The lowest BCUT2D eigenvalue weighted by Crippen LogP contribution is -2.38. The lowest BCUT2D eigenvalue weighted by molar-refractivity contribution is -0.140. The first kappa shape index (κ1) is 19.7. The quantitative estimate of drug-likeness (QED) is 0.721. The smallest absolute Gasteiger partial charge is 0.336 e. The standard InChI is InChI=1S/C22H21F2NO3/c1-3-28-22(27)21-14(2)25(13-15-8-4-6-10-18(15)23)20(26)12-17(21)16-9-5-7-11-19(16)24/h4-11,17H,3,12-13H2,1-2H3/t17-/m1/s1. The van der Waals surface area contributed by atoms with Gasteiger partial charge in [0.15, 0.2) is 0 Å². The van der Waals surface area contributed by atoms with E-state index in [1.165, 1.54) is 17.0 Å². The van der Waals surface area contributed by atoms with Crippen LogP contribution in [0.1, 0.15) is 37.3 Å². The number of amides is 1. The van der Waals surface area contributed by atoms with Gasteiger partial charge in [-0.25, -0.2) is 13.6 Å². The van der Waals surface area contributed by atoms with E-state index in [0.717, 1.165) is 0 Å². The van der Waals surface area contributed by atoms with Gasteiger partial charge < -0.3 is 9.64 Å². The third-order valence-corrected chi connectivity index (χ3v) is 4.89. The molecule has 2 aromatic rings. The van der Waals surface area contributed by atoms with Crippen LogP contribution in [0.5, 0.6) is 0 Å². The maximum atomic E-state index is 14.4. The molecule has 146 valence electrons. The third kappa shape index (κ3) is 3.81. The zero-order valence-electron chi connectivity index (χ0n) is 15.7. The second kappa shape index (κ2) is 8.33. The Hall–Kier alpha value is -3.02. The number of esters is 1. The van der Waals surface area contributed by atoms with E-state index in [9.17, 15) is 18.4 Å². The molecule has 1 aliphatic heterocycles. The molecular formula is C22H21F2NO3. The van der Waals surface area contributed by atoms with Gasteiger partial charge in [0, 0.05) is 23.6 Å². The van der Waals surface area contributed by atoms with Crippen molar-refractivity contribution in [3.8, 4) is 0 Å². The van der Waals surface area contributed by atoms with Crippen molar-refractivity contribution in [2.45, 2.75) is 32.7 Å². The molecule has 0 fully saturated rings. The number of carbonyl (C=O) groups is 2. The summed E-state index contributed by atoms with van der Waals surface area (Å²) < 4.78 is 33.6. The summed E-state index contributed by atoms with van der Waals surface area (Å²) in [6.07, 6.45) is -0.0964. The third-order valence-electron chi connectivity index (χ3n) is 4.89. The number of carbonyl (C=O) groups excluding carboxylic acids is 2. The van der Waals surface area contributed by atoms with Crippen molar-refractivity contribution in [1.82, 2.24) is 4.90 Å². The van der Waals surface area contributed by atoms with Crippen LogP contribution in [0.15, 0.2) is 59.8 Å². The molecule has 0 saturated carbocycles. The number of benzene rings is 2. The highest BCUT2D eigenvalue weighted by molar-refractivity contribution is 5.95. The maximum Gasteiger partial charge on any atom is 0.336 e. The topological polar surface area (TPSA) is 46.6 Å². The Morgan fingerprint density at radius 2 is 1.75 bits per heavy atom. The molecule has 1 atom stereocenters. The van der Waals surface area contributed by atoms with Crippen molar-refractivity contribution >= 4 is 11.9 Å². The van der Waals surface area contributed by atoms with Crippen molar-refractivity contribution < 1.29 is 23.1 Å². The Balaban J connectivity index is 2.07. The Bertz CT molecular complexity index is 939. The summed E-state index contributed by atoms with van der Waals surface area (Å²) in [6, 6.07) is 12.2. The van der Waals surface area contributed by atoms with Crippen molar-refractivity contribution in [3.05, 3.63) is 82.6 Å². The maximum absolute atomic E-state index is 14.4. The van der Waals surface area contributed by atoms with Gasteiger partial charge in [0.2, 0.25) is 5.91 Å². The van der Waals surface area contributed by atoms with E-state index in [4.69, 9.17) is 4.74 Å². The van der Waals surface area contributed by atoms with Crippen LogP contribution in [-0.2, 0) is 20.9 Å². The summed E-state index contributed by atoms with van der Waals surface area (Å²) in [4.78, 5) is 26.9. The Kier molecular flexibility index (Phi) is 5.87. The van der Waals surface area contributed by atoms with Gasteiger partial charge in [-0.2, -0.15) is 0 Å². The van der Waals surface area contributed by atoms with Gasteiger partial charge in [0.25, 0.3) is 0 Å². The molecule has 0 aromatic heterocycles. The fraction of sp³-hybridized carbons (Fsp3) is 0.273. The molecule has 4 nitrogen and oxygen atoms in total. The van der Waals surface area contributed by atoms with Gasteiger partial charge >= 0.3 is 5.97 Å². The van der Waals surface area contributed by atoms with Crippen LogP contribution < -0.4 is 0 Å². The summed E-state index contributed by atoms with van der Waals surface area (Å²) in [7, 11) is 0. The van der Waals surface area contributed by atoms with Crippen molar-refractivity contribution in [3.63, 3.8) is 0 Å². The molecule has 0 bridgehead atoms. The van der Waals surface area contributed by atoms with Gasteiger partial charge in [0.1, 0.15) is 11.6 Å². The number of rotatable bonds is 5. The van der Waals surface area contributed by atoms with Crippen LogP contribution in [-0.4, -0.2) is 23.4 Å². The molecule has 1 aliphatic rings. The molecular weight excluding hydrogens is 364 g/mol. The van der Waals surface area contributed by atoms with Crippen molar-refractivity contribution in [1.29, 1.82) is 0 Å². The molecule has 0 aliphatic carbocycles. The molecule has 3 rings (SSSR count). The summed E-state index contributed by atoms with van der Waals surface area (Å²) >= 11 is 0. The highest BCUT2D eigenvalue weighted by atomic mass is 19.1. The molecule has 0 unspecified atom stereocenters. The molecule has 2 aromatic carbocycles. The van der Waals surface area contributed by atoms with E-state index in [0.29, 0.717) is 11.3 Å². The average Bonchev–Trinajstić information content (AvgIpc) is 2.66. The van der Waals surface area contributed by atoms with Gasteiger partial charge in [-0.3, -0.25) is 4.79 Å². The molecule has 0 N–H and O–H groups in total. The average molecular weight is 385 g/mol. The van der Waals surface area contributed by atoms with E-state index >= 15 is 0 Å². The number of nitrogens with zero attached hydrogens (tertiary/aromatic N) is 1. The van der Waals surface area contributed by atoms with Gasteiger partial charge in [-0.15, -0.1) is 0 Å². The minimum Gasteiger partial charge on any atom is -0.463 e. The minimum atomic E-state index is -0.746. The largest absolute Gasteiger partial charge is 0.463 e. The molecule has 0 spiro atoms. The van der Waals surface area contributed by atoms with Crippen LogP contribution in [0.3, 0.4) is 0 Å². The van der Waals surface area contributed by atoms with Crippen LogP contribution in [0.2, 0.25) is 0 Å². The number of halogens is 2. The van der Waals surface area contributed by atoms with E-state index < -0.39 is 23.5 Å². The zero-order chi connectivity index (χ0) is 20.3. The zero-order valence-corrected chi connectivity index (χ0v) is 15.7. The highest BCUT2D eigenvalue weighted by Gasteiger charge is 2.38. The summed E-state index contributed by atoms with van der Waals surface area (Å²) in [6.45, 7) is 3.43. The summed E-state index contributed by atoms with van der Waals surface area (Å²) in [5.41, 5.74) is 1.18. The van der Waals surface area contributed by atoms with E-state index in [-0.39, 0.29) is 36.6 Å². The number of hydrogen-bond acceptors (Lipinski definition) is 3. The molecule has 28 heavy (non-hydrogen) atoms. The Morgan fingerprint density at radius 1 is 1.11 bits per heavy atom. The van der Waals surface area contributed by atoms with Crippen molar-refractivity contribution in [2.75, 3.05) is 6.61 Å². The fourth-order valence-corrected chi connectivity index (χ4v) is 3.50. The number of ether oxygens (including phenoxy) is 1. The van der Waals surface area contributed by atoms with E-state index in [2.05, 4.69) is 0 Å². The Morgan fingerprint density at radius 3 is 2.39 bits per heavy atom. The van der Waals surface area contributed by atoms with E-state index in [1.54, 1.807) is 50.2 Å². The van der Waals surface area contributed by atoms with Crippen LogP contribution in [0.4, 0.5) is 8.78 Å². The first-order chi connectivity index (χ1) is 13.4. The fourth-order valence-electron chi connectivity index (χ4n) is 3.50. The lowest BCUT2D eigenvalue weighted by atomic mass is 9.83. The Labute approximate surface area is 162 Å².